The minimum absolute atomic E-state index is 0.946. The van der Waals surface area contributed by atoms with Gasteiger partial charge in [0.15, 0.2) is 0 Å². The first kappa shape index (κ1) is 13.5. The molecule has 3 nitrogen and oxygen atoms in total. The molecule has 1 rings (SSSR count). The number of ether oxygens (including phenoxy) is 1. The van der Waals surface area contributed by atoms with Crippen LogP contribution in [0.15, 0.2) is 11.4 Å². The third kappa shape index (κ3) is 5.49. The van der Waals surface area contributed by atoms with Crippen LogP contribution in [0.2, 0.25) is 0 Å². The lowest BCUT2D eigenvalue weighted by Crippen LogP contribution is -2.21. The molecule has 0 aliphatic carbocycles. The molecule has 92 valence electrons. The Balaban J connectivity index is 1.98. The number of hydrogen-bond acceptors (Lipinski definition) is 4. The maximum absolute atomic E-state index is 5.14. The van der Waals surface area contributed by atoms with Crippen molar-refractivity contribution in [3.8, 4) is 5.75 Å². The Kier molecular flexibility index (Phi) is 7.21. The molecule has 0 amide bonds. The maximum Gasteiger partial charge on any atom is 0.129 e. The molecule has 0 aromatic carbocycles. The zero-order valence-electron chi connectivity index (χ0n) is 10.2. The Morgan fingerprint density at radius 2 is 2.06 bits per heavy atom. The summed E-state index contributed by atoms with van der Waals surface area (Å²) in [6, 6.07) is 2.09. The second kappa shape index (κ2) is 8.56. The molecule has 0 aliphatic heterocycles. The van der Waals surface area contributed by atoms with Crippen LogP contribution in [0.5, 0.6) is 5.75 Å². The molecule has 0 saturated carbocycles. The van der Waals surface area contributed by atoms with E-state index >= 15 is 0 Å². The van der Waals surface area contributed by atoms with E-state index in [1.165, 1.54) is 17.7 Å². The van der Waals surface area contributed by atoms with E-state index in [-0.39, 0.29) is 0 Å². The van der Waals surface area contributed by atoms with E-state index in [9.17, 15) is 0 Å². The summed E-state index contributed by atoms with van der Waals surface area (Å²) in [6.07, 6.45) is 2.39. The highest BCUT2D eigenvalue weighted by Gasteiger charge is 1.98. The van der Waals surface area contributed by atoms with Crippen LogP contribution in [0, 0.1) is 0 Å². The van der Waals surface area contributed by atoms with Crippen LogP contribution < -0.4 is 15.4 Å². The lowest BCUT2D eigenvalue weighted by atomic mass is 10.4. The highest BCUT2D eigenvalue weighted by atomic mass is 32.1. The Morgan fingerprint density at radius 3 is 2.75 bits per heavy atom. The van der Waals surface area contributed by atoms with Crippen molar-refractivity contribution in [1.82, 2.24) is 10.6 Å². The molecular formula is C12H22N2OS. The molecular weight excluding hydrogens is 220 g/mol. The average Bonchev–Trinajstić information content (AvgIpc) is 2.76. The van der Waals surface area contributed by atoms with E-state index in [1.807, 2.05) is 5.38 Å². The van der Waals surface area contributed by atoms with Crippen LogP contribution in [-0.4, -0.2) is 26.7 Å². The Hall–Kier alpha value is -0.580. The monoisotopic (exact) mass is 242 g/mol. The van der Waals surface area contributed by atoms with E-state index in [0.29, 0.717) is 0 Å². The molecule has 1 aromatic heterocycles. The van der Waals surface area contributed by atoms with Crippen molar-refractivity contribution in [1.29, 1.82) is 0 Å². The standard InChI is InChI=1S/C12H22N2OS/c1-3-5-13-6-4-7-14-9-12-8-11(15-2)10-16-12/h8,10,13-14H,3-7,9H2,1-2H3. The van der Waals surface area contributed by atoms with Gasteiger partial charge in [0.05, 0.1) is 7.11 Å². The third-order valence-corrected chi connectivity index (χ3v) is 3.21. The van der Waals surface area contributed by atoms with Gasteiger partial charge in [-0.2, -0.15) is 0 Å². The van der Waals surface area contributed by atoms with Gasteiger partial charge in [0.1, 0.15) is 5.75 Å². The van der Waals surface area contributed by atoms with Crippen LogP contribution in [0.3, 0.4) is 0 Å². The molecule has 0 saturated heterocycles. The Bertz CT molecular complexity index is 276. The van der Waals surface area contributed by atoms with Crippen LogP contribution in [-0.2, 0) is 6.54 Å². The van der Waals surface area contributed by atoms with Crippen LogP contribution in [0.1, 0.15) is 24.6 Å². The first-order valence-electron chi connectivity index (χ1n) is 5.89. The van der Waals surface area contributed by atoms with Crippen molar-refractivity contribution in [3.05, 3.63) is 16.3 Å². The van der Waals surface area contributed by atoms with E-state index in [4.69, 9.17) is 4.74 Å². The zero-order chi connectivity index (χ0) is 11.6. The molecule has 0 aliphatic rings. The smallest absolute Gasteiger partial charge is 0.129 e. The minimum atomic E-state index is 0.946. The third-order valence-electron chi connectivity index (χ3n) is 2.30. The minimum Gasteiger partial charge on any atom is -0.496 e. The van der Waals surface area contributed by atoms with Gasteiger partial charge in [-0.05, 0) is 38.5 Å². The summed E-state index contributed by atoms with van der Waals surface area (Å²) >= 11 is 1.74. The molecule has 0 atom stereocenters. The van der Waals surface area contributed by atoms with E-state index < -0.39 is 0 Å². The van der Waals surface area contributed by atoms with E-state index in [1.54, 1.807) is 18.4 Å². The lowest BCUT2D eigenvalue weighted by Gasteiger charge is -2.04. The van der Waals surface area contributed by atoms with Crippen molar-refractivity contribution in [2.24, 2.45) is 0 Å². The molecule has 0 unspecified atom stereocenters. The fraction of sp³-hybridized carbons (Fsp3) is 0.667. The number of methoxy groups -OCH3 is 1. The molecule has 0 bridgehead atoms. The lowest BCUT2D eigenvalue weighted by molar-refractivity contribution is 0.416. The van der Waals surface area contributed by atoms with Crippen molar-refractivity contribution >= 4 is 11.3 Å². The van der Waals surface area contributed by atoms with E-state index in [0.717, 1.165) is 31.9 Å². The van der Waals surface area contributed by atoms with Crippen molar-refractivity contribution in [3.63, 3.8) is 0 Å². The summed E-state index contributed by atoms with van der Waals surface area (Å²) in [7, 11) is 1.71. The molecule has 1 heterocycles. The topological polar surface area (TPSA) is 33.3 Å². The summed E-state index contributed by atoms with van der Waals surface area (Å²) in [4.78, 5) is 1.33. The van der Waals surface area contributed by atoms with Gasteiger partial charge in [-0.1, -0.05) is 6.92 Å². The van der Waals surface area contributed by atoms with Gasteiger partial charge in [0.25, 0.3) is 0 Å². The summed E-state index contributed by atoms with van der Waals surface area (Å²) < 4.78 is 5.14. The molecule has 0 fully saturated rings. The summed E-state index contributed by atoms with van der Waals surface area (Å²) in [5, 5.41) is 8.86. The van der Waals surface area contributed by atoms with Gasteiger partial charge in [-0.3, -0.25) is 0 Å². The van der Waals surface area contributed by atoms with Gasteiger partial charge >= 0.3 is 0 Å². The molecule has 1 aromatic rings. The fourth-order valence-electron chi connectivity index (χ4n) is 1.41. The maximum atomic E-state index is 5.14. The second-order valence-electron chi connectivity index (χ2n) is 3.73. The first-order valence-corrected chi connectivity index (χ1v) is 6.77. The summed E-state index contributed by atoms with van der Waals surface area (Å²) in [5.74, 6) is 0.964. The molecule has 0 spiro atoms. The Labute approximate surface area is 102 Å². The summed E-state index contributed by atoms with van der Waals surface area (Å²) in [5.41, 5.74) is 0. The van der Waals surface area contributed by atoms with Crippen LogP contribution in [0.4, 0.5) is 0 Å². The normalized spacial score (nSPS) is 10.6. The van der Waals surface area contributed by atoms with Crippen LogP contribution in [0.25, 0.3) is 0 Å². The predicted molar refractivity (Wildman–Crippen MR) is 70.4 cm³/mol. The average molecular weight is 242 g/mol. The number of rotatable bonds is 9. The van der Waals surface area contributed by atoms with Gasteiger partial charge < -0.3 is 15.4 Å². The van der Waals surface area contributed by atoms with Crippen molar-refractivity contribution in [2.75, 3.05) is 26.7 Å². The number of hydrogen-bond donors (Lipinski definition) is 2. The van der Waals surface area contributed by atoms with Gasteiger partial charge in [-0.15, -0.1) is 11.3 Å². The molecule has 4 heteroatoms. The van der Waals surface area contributed by atoms with Gasteiger partial charge in [-0.25, -0.2) is 0 Å². The van der Waals surface area contributed by atoms with Gasteiger partial charge in [0.2, 0.25) is 0 Å². The predicted octanol–water partition coefficient (Wildman–Crippen LogP) is 2.24. The summed E-state index contributed by atoms with van der Waals surface area (Å²) in [6.45, 7) is 6.44. The largest absolute Gasteiger partial charge is 0.496 e. The fourth-order valence-corrected chi connectivity index (χ4v) is 2.21. The van der Waals surface area contributed by atoms with E-state index in [2.05, 4.69) is 23.6 Å². The second-order valence-corrected chi connectivity index (χ2v) is 4.73. The highest BCUT2D eigenvalue weighted by Crippen LogP contribution is 2.20. The molecule has 2 N–H and O–H groups in total. The zero-order valence-corrected chi connectivity index (χ0v) is 11.0. The number of thiophene rings is 1. The highest BCUT2D eigenvalue weighted by molar-refractivity contribution is 7.10. The van der Waals surface area contributed by atoms with Gasteiger partial charge in [0, 0.05) is 16.8 Å². The van der Waals surface area contributed by atoms with Crippen LogP contribution >= 0.6 is 11.3 Å². The first-order chi connectivity index (χ1) is 7.86. The molecule has 16 heavy (non-hydrogen) atoms. The van der Waals surface area contributed by atoms with Crippen molar-refractivity contribution < 1.29 is 4.74 Å². The molecule has 0 radical (unpaired) electrons. The van der Waals surface area contributed by atoms with Crippen molar-refractivity contribution in [2.45, 2.75) is 26.3 Å². The SMILES string of the molecule is CCCNCCCNCc1cc(OC)cs1. The Morgan fingerprint density at radius 1 is 1.25 bits per heavy atom. The quantitative estimate of drug-likeness (QED) is 0.652. The number of nitrogens with one attached hydrogen (secondary N) is 2.